The summed E-state index contributed by atoms with van der Waals surface area (Å²) >= 11 is 1.42. The third-order valence-electron chi connectivity index (χ3n) is 5.80. The van der Waals surface area contributed by atoms with Crippen LogP contribution in [0.5, 0.6) is 0 Å². The first kappa shape index (κ1) is 20.7. The van der Waals surface area contributed by atoms with E-state index in [1.165, 1.54) is 23.2 Å². The van der Waals surface area contributed by atoms with Crippen LogP contribution in [0.3, 0.4) is 0 Å². The molecule has 0 saturated carbocycles. The first-order chi connectivity index (χ1) is 15.7. The van der Waals surface area contributed by atoms with Crippen LogP contribution in [0.15, 0.2) is 59.5 Å². The molecule has 32 heavy (non-hydrogen) atoms. The SMILES string of the molecule is Cc1c(C(=O)N[C@@H]2CCN(Cc3ccccc3)C2)sc2ncnc(NCc3ccco3)c12. The van der Waals surface area contributed by atoms with E-state index in [-0.39, 0.29) is 11.9 Å². The molecule has 1 amide bonds. The van der Waals surface area contributed by atoms with E-state index in [1.54, 1.807) is 6.26 Å². The van der Waals surface area contributed by atoms with E-state index in [4.69, 9.17) is 4.42 Å². The van der Waals surface area contributed by atoms with Gasteiger partial charge < -0.3 is 15.1 Å². The number of hydrogen-bond donors (Lipinski definition) is 2. The van der Waals surface area contributed by atoms with Gasteiger partial charge in [0, 0.05) is 25.7 Å². The van der Waals surface area contributed by atoms with E-state index < -0.39 is 0 Å². The Morgan fingerprint density at radius 1 is 1.22 bits per heavy atom. The molecule has 2 N–H and O–H groups in total. The quantitative estimate of drug-likeness (QED) is 0.442. The predicted molar refractivity (Wildman–Crippen MR) is 126 cm³/mol. The maximum atomic E-state index is 13.1. The molecule has 1 aromatic carbocycles. The van der Waals surface area contributed by atoms with Crippen molar-refractivity contribution >= 4 is 33.3 Å². The normalized spacial score (nSPS) is 16.5. The van der Waals surface area contributed by atoms with E-state index in [0.29, 0.717) is 17.2 Å². The van der Waals surface area contributed by atoms with Crippen molar-refractivity contribution in [3.8, 4) is 0 Å². The van der Waals surface area contributed by atoms with Gasteiger partial charge >= 0.3 is 0 Å². The van der Waals surface area contributed by atoms with Crippen LogP contribution in [0.2, 0.25) is 0 Å². The Morgan fingerprint density at radius 2 is 2.09 bits per heavy atom. The van der Waals surface area contributed by atoms with E-state index in [9.17, 15) is 4.79 Å². The molecule has 164 valence electrons. The lowest BCUT2D eigenvalue weighted by Crippen LogP contribution is -2.36. The minimum Gasteiger partial charge on any atom is -0.467 e. The Kier molecular flexibility index (Phi) is 5.87. The van der Waals surface area contributed by atoms with Crippen LogP contribution in [-0.4, -0.2) is 39.9 Å². The highest BCUT2D eigenvalue weighted by molar-refractivity contribution is 7.20. The lowest BCUT2D eigenvalue weighted by Gasteiger charge is -2.16. The summed E-state index contributed by atoms with van der Waals surface area (Å²) in [5.74, 6) is 1.51. The first-order valence-electron chi connectivity index (χ1n) is 10.7. The van der Waals surface area contributed by atoms with Gasteiger partial charge in [-0.3, -0.25) is 9.69 Å². The van der Waals surface area contributed by atoms with Gasteiger partial charge in [0.2, 0.25) is 0 Å². The first-order valence-corrected chi connectivity index (χ1v) is 11.6. The van der Waals surface area contributed by atoms with E-state index in [2.05, 4.69) is 49.8 Å². The minimum atomic E-state index is -0.0333. The number of benzene rings is 1. The van der Waals surface area contributed by atoms with Crippen LogP contribution < -0.4 is 10.6 Å². The lowest BCUT2D eigenvalue weighted by atomic mass is 10.2. The molecule has 0 bridgehead atoms. The number of furan rings is 1. The summed E-state index contributed by atoms with van der Waals surface area (Å²) in [6, 6.07) is 14.4. The summed E-state index contributed by atoms with van der Waals surface area (Å²) in [6.07, 6.45) is 4.13. The second-order valence-electron chi connectivity index (χ2n) is 8.07. The third-order valence-corrected chi connectivity index (χ3v) is 7.00. The molecule has 5 rings (SSSR count). The molecule has 0 spiro atoms. The molecule has 1 aliphatic rings. The number of thiophene rings is 1. The van der Waals surface area contributed by atoms with E-state index in [0.717, 1.165) is 47.6 Å². The summed E-state index contributed by atoms with van der Waals surface area (Å²) < 4.78 is 5.39. The number of hydrogen-bond acceptors (Lipinski definition) is 7. The fourth-order valence-electron chi connectivity index (χ4n) is 4.19. The van der Waals surface area contributed by atoms with Crippen molar-refractivity contribution < 1.29 is 9.21 Å². The van der Waals surface area contributed by atoms with Gasteiger partial charge in [-0.15, -0.1) is 11.3 Å². The van der Waals surface area contributed by atoms with Crippen molar-refractivity contribution in [2.75, 3.05) is 18.4 Å². The molecule has 1 saturated heterocycles. The Labute approximate surface area is 190 Å². The van der Waals surface area contributed by atoms with Gasteiger partial charge in [0.05, 0.1) is 23.1 Å². The second kappa shape index (κ2) is 9.10. The van der Waals surface area contributed by atoms with Gasteiger partial charge in [-0.25, -0.2) is 9.97 Å². The lowest BCUT2D eigenvalue weighted by molar-refractivity contribution is 0.0941. The fourth-order valence-corrected chi connectivity index (χ4v) is 5.24. The van der Waals surface area contributed by atoms with Gasteiger partial charge in [0.1, 0.15) is 22.7 Å². The number of aryl methyl sites for hydroxylation is 1. The number of rotatable bonds is 7. The van der Waals surface area contributed by atoms with Crippen molar-refractivity contribution in [2.24, 2.45) is 0 Å². The molecule has 4 aromatic rings. The van der Waals surface area contributed by atoms with Crippen molar-refractivity contribution in [2.45, 2.75) is 32.5 Å². The largest absolute Gasteiger partial charge is 0.467 e. The van der Waals surface area contributed by atoms with Crippen molar-refractivity contribution in [1.82, 2.24) is 20.2 Å². The van der Waals surface area contributed by atoms with Gasteiger partial charge in [0.25, 0.3) is 5.91 Å². The maximum Gasteiger partial charge on any atom is 0.261 e. The van der Waals surface area contributed by atoms with Crippen LogP contribution in [-0.2, 0) is 13.1 Å². The highest BCUT2D eigenvalue weighted by atomic mass is 32.1. The Balaban J connectivity index is 1.27. The zero-order chi connectivity index (χ0) is 21.9. The van der Waals surface area contributed by atoms with Gasteiger partial charge in [0.15, 0.2) is 0 Å². The minimum absolute atomic E-state index is 0.0333. The number of fused-ring (bicyclic) bond motifs is 1. The van der Waals surface area contributed by atoms with Crippen LogP contribution >= 0.6 is 11.3 Å². The maximum absolute atomic E-state index is 13.1. The topological polar surface area (TPSA) is 83.3 Å². The van der Waals surface area contributed by atoms with Crippen LogP contribution in [0.1, 0.15) is 33.0 Å². The number of nitrogens with zero attached hydrogens (tertiary/aromatic N) is 3. The number of amides is 1. The smallest absolute Gasteiger partial charge is 0.261 e. The molecule has 1 fully saturated rings. The third kappa shape index (κ3) is 4.37. The fraction of sp³-hybridized carbons (Fsp3) is 0.292. The molecule has 0 aliphatic carbocycles. The molecular weight excluding hydrogens is 422 g/mol. The Bertz CT molecular complexity index is 1210. The molecule has 3 aromatic heterocycles. The van der Waals surface area contributed by atoms with E-state index >= 15 is 0 Å². The second-order valence-corrected chi connectivity index (χ2v) is 9.07. The summed E-state index contributed by atoms with van der Waals surface area (Å²) in [5, 5.41) is 7.44. The Hall–Kier alpha value is -3.23. The standard InChI is InChI=1S/C24H25N5O2S/c1-16-20-22(25-12-19-8-5-11-31-19)26-15-27-24(20)32-21(16)23(30)28-18-9-10-29(14-18)13-17-6-3-2-4-7-17/h2-8,11,15,18H,9-10,12-14H2,1H3,(H,28,30)(H,25,26,27)/t18-/m1/s1. The summed E-state index contributed by atoms with van der Waals surface area (Å²) in [7, 11) is 0. The number of anilines is 1. The van der Waals surface area contributed by atoms with Gasteiger partial charge in [-0.05, 0) is 36.6 Å². The zero-order valence-electron chi connectivity index (χ0n) is 17.9. The van der Waals surface area contributed by atoms with Crippen LogP contribution in [0.25, 0.3) is 10.2 Å². The molecule has 8 heteroatoms. The van der Waals surface area contributed by atoms with Crippen molar-refractivity contribution in [3.63, 3.8) is 0 Å². The zero-order valence-corrected chi connectivity index (χ0v) is 18.7. The average Bonchev–Trinajstić information content (AvgIpc) is 3.54. The molecule has 1 aliphatic heterocycles. The highest BCUT2D eigenvalue weighted by Gasteiger charge is 2.26. The van der Waals surface area contributed by atoms with Crippen molar-refractivity contribution in [3.05, 3.63) is 76.8 Å². The molecular formula is C24H25N5O2S. The molecule has 4 heterocycles. The number of nitrogens with one attached hydrogen (secondary N) is 2. The number of carbonyl (C=O) groups excluding carboxylic acids is 1. The Morgan fingerprint density at radius 3 is 2.91 bits per heavy atom. The van der Waals surface area contributed by atoms with Crippen LogP contribution in [0.4, 0.5) is 5.82 Å². The highest BCUT2D eigenvalue weighted by Crippen LogP contribution is 2.33. The summed E-state index contributed by atoms with van der Waals surface area (Å²) in [4.78, 5) is 25.8. The predicted octanol–water partition coefficient (Wildman–Crippen LogP) is 4.21. The monoisotopic (exact) mass is 447 g/mol. The number of aromatic nitrogens is 2. The van der Waals surface area contributed by atoms with Crippen LogP contribution in [0, 0.1) is 6.92 Å². The summed E-state index contributed by atoms with van der Waals surface area (Å²) in [5.41, 5.74) is 2.21. The molecule has 1 atom stereocenters. The molecule has 0 radical (unpaired) electrons. The molecule has 0 unspecified atom stereocenters. The molecule has 7 nitrogen and oxygen atoms in total. The number of likely N-dealkylation sites (tertiary alicyclic amines) is 1. The average molecular weight is 448 g/mol. The van der Waals surface area contributed by atoms with Gasteiger partial charge in [-0.1, -0.05) is 30.3 Å². The summed E-state index contributed by atoms with van der Waals surface area (Å²) in [6.45, 7) is 5.24. The van der Waals surface area contributed by atoms with E-state index in [1.807, 2.05) is 25.1 Å². The van der Waals surface area contributed by atoms with Crippen molar-refractivity contribution in [1.29, 1.82) is 0 Å². The van der Waals surface area contributed by atoms with Gasteiger partial charge in [-0.2, -0.15) is 0 Å². The number of carbonyl (C=O) groups is 1.